The quantitative estimate of drug-likeness (QED) is 0.807. The molecule has 2 heterocycles. The van der Waals surface area contributed by atoms with E-state index in [0.29, 0.717) is 24.2 Å². The SMILES string of the molecule is CC(=O)c1ccc(C(=O)N2CCN(c3ccnc(C)n3)CC2)cc1. The Kier molecular flexibility index (Phi) is 4.55. The predicted octanol–water partition coefficient (Wildman–Crippen LogP) is 1.95. The maximum Gasteiger partial charge on any atom is 0.253 e. The molecule has 1 aliphatic heterocycles. The molecule has 0 atom stereocenters. The number of carbonyl (C=O) groups excluding carboxylic acids is 2. The molecule has 0 N–H and O–H groups in total. The zero-order valence-corrected chi connectivity index (χ0v) is 13.9. The molecule has 0 saturated carbocycles. The van der Waals surface area contributed by atoms with E-state index in [-0.39, 0.29) is 11.7 Å². The van der Waals surface area contributed by atoms with Crippen LogP contribution in [0.2, 0.25) is 0 Å². The lowest BCUT2D eigenvalue weighted by Gasteiger charge is -2.35. The summed E-state index contributed by atoms with van der Waals surface area (Å²) >= 11 is 0. The molecule has 1 amide bonds. The number of aryl methyl sites for hydroxylation is 1. The first-order valence-corrected chi connectivity index (χ1v) is 7.99. The second-order valence-electron chi connectivity index (χ2n) is 5.87. The molecule has 6 heteroatoms. The molecule has 0 spiro atoms. The van der Waals surface area contributed by atoms with Crippen LogP contribution in [-0.2, 0) is 0 Å². The van der Waals surface area contributed by atoms with Crippen LogP contribution in [0.4, 0.5) is 5.82 Å². The fraction of sp³-hybridized carbons (Fsp3) is 0.333. The standard InChI is InChI=1S/C18H20N4O2/c1-13(23)15-3-5-16(6-4-15)18(24)22-11-9-21(10-12-22)17-7-8-19-14(2)20-17/h3-8H,9-12H2,1-2H3. The monoisotopic (exact) mass is 324 g/mol. The molecule has 1 saturated heterocycles. The fourth-order valence-corrected chi connectivity index (χ4v) is 2.79. The molecule has 1 fully saturated rings. The molecule has 1 aromatic heterocycles. The van der Waals surface area contributed by atoms with E-state index >= 15 is 0 Å². The number of Topliss-reactive ketones (excluding diaryl/α,β-unsaturated/α-hetero) is 1. The summed E-state index contributed by atoms with van der Waals surface area (Å²) in [7, 11) is 0. The van der Waals surface area contributed by atoms with Gasteiger partial charge in [-0.05, 0) is 32.0 Å². The van der Waals surface area contributed by atoms with Gasteiger partial charge in [-0.1, -0.05) is 12.1 Å². The van der Waals surface area contributed by atoms with E-state index in [1.165, 1.54) is 6.92 Å². The summed E-state index contributed by atoms with van der Waals surface area (Å²) in [5.74, 6) is 1.66. The van der Waals surface area contributed by atoms with E-state index in [0.717, 1.165) is 24.7 Å². The van der Waals surface area contributed by atoms with Gasteiger partial charge in [0.1, 0.15) is 11.6 Å². The van der Waals surface area contributed by atoms with Crippen molar-refractivity contribution < 1.29 is 9.59 Å². The number of nitrogens with zero attached hydrogens (tertiary/aromatic N) is 4. The van der Waals surface area contributed by atoms with Gasteiger partial charge < -0.3 is 9.80 Å². The van der Waals surface area contributed by atoms with Crippen molar-refractivity contribution in [2.75, 3.05) is 31.1 Å². The van der Waals surface area contributed by atoms with Gasteiger partial charge in [0.2, 0.25) is 0 Å². The Labute approximate surface area is 141 Å². The second-order valence-corrected chi connectivity index (χ2v) is 5.87. The number of benzene rings is 1. The van der Waals surface area contributed by atoms with E-state index in [9.17, 15) is 9.59 Å². The maximum absolute atomic E-state index is 12.6. The highest BCUT2D eigenvalue weighted by Crippen LogP contribution is 2.15. The minimum absolute atomic E-state index is 0.00255. The molecule has 3 rings (SSSR count). The van der Waals surface area contributed by atoms with Crippen LogP contribution in [0, 0.1) is 6.92 Å². The van der Waals surface area contributed by atoms with E-state index in [2.05, 4.69) is 14.9 Å². The van der Waals surface area contributed by atoms with Gasteiger partial charge in [-0.15, -0.1) is 0 Å². The number of amides is 1. The fourth-order valence-electron chi connectivity index (χ4n) is 2.79. The number of carbonyl (C=O) groups is 2. The molecule has 0 unspecified atom stereocenters. The Hall–Kier alpha value is -2.76. The van der Waals surface area contributed by atoms with E-state index in [4.69, 9.17) is 0 Å². The van der Waals surface area contributed by atoms with Crippen molar-refractivity contribution in [3.63, 3.8) is 0 Å². The van der Waals surface area contributed by atoms with Crippen LogP contribution < -0.4 is 4.90 Å². The van der Waals surface area contributed by atoms with Gasteiger partial charge in [0.15, 0.2) is 5.78 Å². The van der Waals surface area contributed by atoms with Crippen LogP contribution in [0.25, 0.3) is 0 Å². The van der Waals surface area contributed by atoms with Gasteiger partial charge in [0.05, 0.1) is 0 Å². The number of hydrogen-bond donors (Lipinski definition) is 0. The summed E-state index contributed by atoms with van der Waals surface area (Å²) in [6.45, 7) is 6.17. The summed E-state index contributed by atoms with van der Waals surface area (Å²) in [4.78, 5) is 36.4. The first-order chi connectivity index (χ1) is 11.5. The Morgan fingerprint density at radius 3 is 2.17 bits per heavy atom. The van der Waals surface area contributed by atoms with Gasteiger partial charge in [-0.2, -0.15) is 0 Å². The minimum atomic E-state index is 0.00255. The maximum atomic E-state index is 12.6. The molecular formula is C18H20N4O2. The van der Waals surface area contributed by atoms with Crippen molar-refractivity contribution in [2.45, 2.75) is 13.8 Å². The van der Waals surface area contributed by atoms with Crippen LogP contribution in [0.3, 0.4) is 0 Å². The Morgan fingerprint density at radius 1 is 0.958 bits per heavy atom. The molecule has 24 heavy (non-hydrogen) atoms. The minimum Gasteiger partial charge on any atom is -0.353 e. The highest BCUT2D eigenvalue weighted by molar-refractivity contribution is 5.97. The lowest BCUT2D eigenvalue weighted by atomic mass is 10.1. The topological polar surface area (TPSA) is 66.4 Å². The van der Waals surface area contributed by atoms with Crippen LogP contribution >= 0.6 is 0 Å². The normalized spacial score (nSPS) is 14.6. The molecule has 0 radical (unpaired) electrons. The lowest BCUT2D eigenvalue weighted by molar-refractivity contribution is 0.0746. The average Bonchev–Trinajstić information content (AvgIpc) is 2.61. The van der Waals surface area contributed by atoms with E-state index in [1.807, 2.05) is 17.9 Å². The number of rotatable bonds is 3. The Balaban J connectivity index is 1.63. The molecule has 0 bridgehead atoms. The first kappa shape index (κ1) is 16.1. The number of anilines is 1. The van der Waals surface area contributed by atoms with Crippen molar-refractivity contribution in [1.29, 1.82) is 0 Å². The van der Waals surface area contributed by atoms with E-state index in [1.54, 1.807) is 30.5 Å². The van der Waals surface area contributed by atoms with Gasteiger partial charge in [0.25, 0.3) is 5.91 Å². The molecule has 0 aliphatic carbocycles. The summed E-state index contributed by atoms with van der Waals surface area (Å²) in [6, 6.07) is 8.74. The second kappa shape index (κ2) is 6.78. The van der Waals surface area contributed by atoms with Crippen molar-refractivity contribution in [3.8, 4) is 0 Å². The lowest BCUT2D eigenvalue weighted by Crippen LogP contribution is -2.49. The third kappa shape index (κ3) is 3.42. The molecule has 124 valence electrons. The first-order valence-electron chi connectivity index (χ1n) is 7.99. The highest BCUT2D eigenvalue weighted by atomic mass is 16.2. The third-order valence-electron chi connectivity index (χ3n) is 4.19. The van der Waals surface area contributed by atoms with Crippen molar-refractivity contribution in [1.82, 2.24) is 14.9 Å². The number of aromatic nitrogens is 2. The predicted molar refractivity (Wildman–Crippen MR) is 91.3 cm³/mol. The Bertz CT molecular complexity index is 750. The van der Waals surface area contributed by atoms with Crippen LogP contribution in [0.1, 0.15) is 33.5 Å². The largest absolute Gasteiger partial charge is 0.353 e. The van der Waals surface area contributed by atoms with Gasteiger partial charge in [-0.25, -0.2) is 9.97 Å². The number of hydrogen-bond acceptors (Lipinski definition) is 5. The summed E-state index contributed by atoms with van der Waals surface area (Å²) in [6.07, 6.45) is 1.76. The average molecular weight is 324 g/mol. The molecule has 6 nitrogen and oxygen atoms in total. The third-order valence-corrected chi connectivity index (χ3v) is 4.19. The zero-order chi connectivity index (χ0) is 17.1. The molecule has 2 aromatic rings. The smallest absolute Gasteiger partial charge is 0.253 e. The van der Waals surface area contributed by atoms with Crippen molar-refractivity contribution in [2.24, 2.45) is 0 Å². The Morgan fingerprint density at radius 2 is 1.58 bits per heavy atom. The van der Waals surface area contributed by atoms with Crippen LogP contribution in [0.15, 0.2) is 36.5 Å². The summed E-state index contributed by atoms with van der Waals surface area (Å²) < 4.78 is 0. The van der Waals surface area contributed by atoms with Crippen molar-refractivity contribution in [3.05, 3.63) is 53.5 Å². The summed E-state index contributed by atoms with van der Waals surface area (Å²) in [5, 5.41) is 0. The molecule has 1 aromatic carbocycles. The van der Waals surface area contributed by atoms with Gasteiger partial charge in [-0.3, -0.25) is 9.59 Å². The summed E-state index contributed by atoms with van der Waals surface area (Å²) in [5.41, 5.74) is 1.24. The highest BCUT2D eigenvalue weighted by Gasteiger charge is 2.23. The zero-order valence-electron chi connectivity index (χ0n) is 13.9. The van der Waals surface area contributed by atoms with E-state index < -0.39 is 0 Å². The number of piperazine rings is 1. The molecule has 1 aliphatic rings. The van der Waals surface area contributed by atoms with Crippen LogP contribution in [0.5, 0.6) is 0 Å². The van der Waals surface area contributed by atoms with Gasteiger partial charge in [0, 0.05) is 43.5 Å². The molecular weight excluding hydrogens is 304 g/mol. The van der Waals surface area contributed by atoms with Crippen LogP contribution in [-0.4, -0.2) is 52.7 Å². The van der Waals surface area contributed by atoms with Gasteiger partial charge >= 0.3 is 0 Å². The number of ketones is 1. The van der Waals surface area contributed by atoms with Crippen molar-refractivity contribution >= 4 is 17.5 Å².